The van der Waals surface area contributed by atoms with Crippen LogP contribution < -0.4 is 11.5 Å². The van der Waals surface area contributed by atoms with Crippen LogP contribution >= 0.6 is 0 Å². The average Bonchev–Trinajstić information content (AvgIpc) is 3.04. The zero-order chi connectivity index (χ0) is 35.5. The van der Waals surface area contributed by atoms with Crippen molar-refractivity contribution in [3.05, 3.63) is 0 Å². The molecule has 0 aromatic heterocycles. The van der Waals surface area contributed by atoms with E-state index in [9.17, 15) is 70.9 Å². The molecule has 3 heterocycles. The first-order chi connectivity index (χ1) is 22.0. The lowest BCUT2D eigenvalue weighted by Crippen LogP contribution is -2.69. The molecule has 0 bridgehead atoms. The Morgan fingerprint density at radius 1 is 0.681 bits per heavy atom. The number of aliphatic carboxylic acids is 2. The first-order valence-electron chi connectivity index (χ1n) is 14.2. The van der Waals surface area contributed by atoms with Crippen LogP contribution in [0.5, 0.6) is 0 Å². The summed E-state index contributed by atoms with van der Waals surface area (Å²) < 4.78 is 32.1. The molecule has 17 N–H and O–H groups in total. The zero-order valence-corrected chi connectivity index (χ0v) is 24.3. The normalized spacial score (nSPS) is 43.9. The van der Waals surface area contributed by atoms with Gasteiger partial charge in [0.05, 0.1) is 31.9 Å². The second-order valence-electron chi connectivity index (χ2n) is 11.2. The van der Waals surface area contributed by atoms with Crippen LogP contribution in [0.4, 0.5) is 0 Å². The molecule has 0 saturated carbocycles. The van der Waals surface area contributed by atoms with E-state index in [2.05, 4.69) is 0 Å². The Morgan fingerprint density at radius 3 is 1.77 bits per heavy atom. The molecule has 3 rings (SSSR count). The fourth-order valence-electron chi connectivity index (χ4n) is 5.18. The Kier molecular flexibility index (Phi) is 14.1. The van der Waals surface area contributed by atoms with Gasteiger partial charge in [0.1, 0.15) is 73.2 Å². The summed E-state index contributed by atoms with van der Waals surface area (Å²) in [6.07, 6.45) is -34.1. The number of carboxylic acids is 2. The van der Waals surface area contributed by atoms with Crippen LogP contribution in [0.25, 0.3) is 0 Å². The highest BCUT2D eigenvalue weighted by Gasteiger charge is 2.55. The van der Waals surface area contributed by atoms with Crippen molar-refractivity contribution < 1.29 is 104 Å². The molecule has 23 nitrogen and oxygen atoms in total. The SMILES string of the molecule is NC(CO)[C@@H](O[C@@H]1OC(C(=O)O)[C@@H](O[C@@H]2OC(CO)[C@@H](O)[C@H](O[C@@H]3OC(C(=O)O)C(O)[C@@H](O)[C@@H]3O)C2N)[C@H](O)C1O)[C@H](O)C(O)CO. The van der Waals surface area contributed by atoms with Crippen molar-refractivity contribution in [2.45, 2.75) is 116 Å². The van der Waals surface area contributed by atoms with E-state index in [1.165, 1.54) is 0 Å². The van der Waals surface area contributed by atoms with E-state index in [0.29, 0.717) is 0 Å². The molecule has 0 radical (unpaired) electrons. The highest BCUT2D eigenvalue weighted by atomic mass is 16.8. The largest absolute Gasteiger partial charge is 0.479 e. The summed E-state index contributed by atoms with van der Waals surface area (Å²) in [5.41, 5.74) is 11.8. The number of hydrogen-bond acceptors (Lipinski definition) is 21. The zero-order valence-electron chi connectivity index (χ0n) is 24.3. The van der Waals surface area contributed by atoms with Crippen molar-refractivity contribution in [1.82, 2.24) is 0 Å². The number of ether oxygens (including phenoxy) is 6. The van der Waals surface area contributed by atoms with Crippen molar-refractivity contribution >= 4 is 11.9 Å². The van der Waals surface area contributed by atoms with E-state index >= 15 is 0 Å². The van der Waals surface area contributed by atoms with E-state index in [-0.39, 0.29) is 0 Å². The molecule has 3 saturated heterocycles. The van der Waals surface area contributed by atoms with E-state index in [1.54, 1.807) is 0 Å². The Balaban J connectivity index is 1.83. The van der Waals surface area contributed by atoms with Crippen LogP contribution in [0.2, 0.25) is 0 Å². The number of carbonyl (C=O) groups is 2. The van der Waals surface area contributed by atoms with Gasteiger partial charge in [-0.3, -0.25) is 0 Å². The van der Waals surface area contributed by atoms with Crippen LogP contribution in [0.3, 0.4) is 0 Å². The minimum absolute atomic E-state index is 0.864. The predicted molar refractivity (Wildman–Crippen MR) is 141 cm³/mol. The summed E-state index contributed by atoms with van der Waals surface area (Å²) in [5, 5.41) is 130. The quantitative estimate of drug-likeness (QED) is 0.0802. The van der Waals surface area contributed by atoms with E-state index in [0.717, 1.165) is 0 Å². The number of carboxylic acid groups (broad SMARTS) is 2. The average molecular weight is 695 g/mol. The number of rotatable bonds is 14. The molecule has 3 aliphatic rings. The van der Waals surface area contributed by atoms with Crippen molar-refractivity contribution in [3.63, 3.8) is 0 Å². The predicted octanol–water partition coefficient (Wildman–Crippen LogP) is -10.00. The fourth-order valence-corrected chi connectivity index (χ4v) is 5.18. The van der Waals surface area contributed by atoms with Gasteiger partial charge >= 0.3 is 11.9 Å². The molecule has 3 aliphatic heterocycles. The Morgan fingerprint density at radius 2 is 1.23 bits per heavy atom. The van der Waals surface area contributed by atoms with E-state index in [4.69, 9.17) is 45.0 Å². The highest BCUT2D eigenvalue weighted by molar-refractivity contribution is 5.74. The highest BCUT2D eigenvalue weighted by Crippen LogP contribution is 2.33. The third kappa shape index (κ3) is 8.50. The maximum atomic E-state index is 12.2. The Hall–Kier alpha value is -1.82. The third-order valence-electron chi connectivity index (χ3n) is 7.93. The second-order valence-corrected chi connectivity index (χ2v) is 11.2. The van der Waals surface area contributed by atoms with Crippen LogP contribution in [0, 0.1) is 0 Å². The number of hydrogen-bond donors (Lipinski definition) is 15. The second kappa shape index (κ2) is 16.7. The first-order valence-corrected chi connectivity index (χ1v) is 14.2. The van der Waals surface area contributed by atoms with Gasteiger partial charge in [0, 0.05) is 0 Å². The van der Waals surface area contributed by atoms with Gasteiger partial charge in [-0.2, -0.15) is 0 Å². The molecule has 23 heteroatoms. The molecule has 274 valence electrons. The Bertz CT molecular complexity index is 1030. The van der Waals surface area contributed by atoms with Crippen molar-refractivity contribution in [1.29, 1.82) is 0 Å². The van der Waals surface area contributed by atoms with E-state index < -0.39 is 148 Å². The molecule has 3 fully saturated rings. The van der Waals surface area contributed by atoms with Gasteiger partial charge in [0.25, 0.3) is 0 Å². The van der Waals surface area contributed by atoms with Crippen LogP contribution in [0.1, 0.15) is 0 Å². The van der Waals surface area contributed by atoms with Crippen molar-refractivity contribution in [2.75, 3.05) is 19.8 Å². The molecule has 0 spiro atoms. The minimum Gasteiger partial charge on any atom is -0.479 e. The molecule has 19 atom stereocenters. The molecule has 8 unspecified atom stereocenters. The summed E-state index contributed by atoms with van der Waals surface area (Å²) >= 11 is 0. The van der Waals surface area contributed by atoms with Gasteiger partial charge in [0.2, 0.25) is 0 Å². The smallest absolute Gasteiger partial charge is 0.335 e. The molecule has 0 aromatic rings. The van der Waals surface area contributed by atoms with Gasteiger partial charge in [-0.05, 0) is 0 Å². The third-order valence-corrected chi connectivity index (χ3v) is 7.93. The maximum Gasteiger partial charge on any atom is 0.335 e. The summed E-state index contributed by atoms with van der Waals surface area (Å²) in [6, 6.07) is -3.21. The molecule has 47 heavy (non-hydrogen) atoms. The van der Waals surface area contributed by atoms with Gasteiger partial charge in [0.15, 0.2) is 31.1 Å². The number of aliphatic hydroxyl groups excluding tert-OH is 11. The maximum absolute atomic E-state index is 12.2. The topological polar surface area (TPSA) is 405 Å². The summed E-state index contributed by atoms with van der Waals surface area (Å²) in [5.74, 6) is -3.57. The van der Waals surface area contributed by atoms with Crippen LogP contribution in [0.15, 0.2) is 0 Å². The van der Waals surface area contributed by atoms with E-state index in [1.807, 2.05) is 0 Å². The van der Waals surface area contributed by atoms with Gasteiger partial charge < -0.3 is 106 Å². The Labute approximate surface area is 264 Å². The lowest BCUT2D eigenvalue weighted by Gasteiger charge is -2.48. The molecular weight excluding hydrogens is 652 g/mol. The molecule has 0 aliphatic carbocycles. The fraction of sp³-hybridized carbons (Fsp3) is 0.917. The lowest BCUT2D eigenvalue weighted by atomic mass is 9.95. The van der Waals surface area contributed by atoms with Crippen LogP contribution in [-0.4, -0.2) is 215 Å². The van der Waals surface area contributed by atoms with Gasteiger partial charge in [-0.15, -0.1) is 0 Å². The summed E-state index contributed by atoms with van der Waals surface area (Å²) in [7, 11) is 0. The minimum atomic E-state index is -2.23. The van der Waals surface area contributed by atoms with Crippen LogP contribution in [-0.2, 0) is 38.0 Å². The lowest BCUT2D eigenvalue weighted by molar-refractivity contribution is -0.362. The molecular formula is C24H42N2O21. The summed E-state index contributed by atoms with van der Waals surface area (Å²) in [6.45, 7) is -2.81. The molecule has 0 aromatic carbocycles. The van der Waals surface area contributed by atoms with Gasteiger partial charge in [-0.1, -0.05) is 0 Å². The number of nitrogens with two attached hydrogens (primary N) is 2. The van der Waals surface area contributed by atoms with Crippen molar-refractivity contribution in [2.24, 2.45) is 11.5 Å². The van der Waals surface area contributed by atoms with Gasteiger partial charge in [-0.25, -0.2) is 9.59 Å². The van der Waals surface area contributed by atoms with Crippen molar-refractivity contribution in [3.8, 4) is 0 Å². The first kappa shape index (κ1) is 39.6. The monoisotopic (exact) mass is 694 g/mol. The number of aliphatic hydroxyl groups is 11. The molecule has 0 amide bonds. The standard InChI is InChI=1S/C24H42N2O21/c25-4(1-27)15(8(31)5(30)2-28)43-24-14(37)12(35)17(19(47-24)21(40)41)45-22-7(26)16(9(32)6(3-29)42-22)44-23-13(36)10(33)11(34)18(46-23)20(38)39/h4-19,22-24,27-37H,1-3,25-26H2,(H,38,39)(H,40,41)/t4?,5?,6?,7?,8-,9-,10-,11?,12-,13+,14?,15-,16-,17+,18?,19?,22+,23-,24-/m1/s1. The summed E-state index contributed by atoms with van der Waals surface area (Å²) in [4.78, 5) is 23.6.